The Morgan fingerprint density at radius 2 is 2.08 bits per heavy atom. The van der Waals surface area contributed by atoms with Crippen LogP contribution in [0.5, 0.6) is 0 Å². The summed E-state index contributed by atoms with van der Waals surface area (Å²) >= 11 is 1.44. The van der Waals surface area contributed by atoms with E-state index in [4.69, 9.17) is 0 Å². The van der Waals surface area contributed by atoms with Crippen LogP contribution in [0.4, 0.5) is 5.82 Å². The smallest absolute Gasteiger partial charge is 0.258 e. The largest absolute Gasteiger partial charge is 0.306 e. The quantitative estimate of drug-likeness (QED) is 0.698. The number of anilines is 1. The molecule has 0 aliphatic carbocycles. The third kappa shape index (κ3) is 3.62. The lowest BCUT2D eigenvalue weighted by Crippen LogP contribution is -2.13. The van der Waals surface area contributed by atoms with E-state index in [9.17, 15) is 10.1 Å². The van der Waals surface area contributed by atoms with Crippen LogP contribution in [0.3, 0.4) is 0 Å². The number of hydrogen-bond donors (Lipinski definition) is 2. The molecule has 2 N–H and O–H groups in total. The minimum Gasteiger partial charge on any atom is -0.306 e. The van der Waals surface area contributed by atoms with Gasteiger partial charge in [-0.1, -0.05) is 42.1 Å². The van der Waals surface area contributed by atoms with E-state index in [2.05, 4.69) is 26.6 Å². The van der Waals surface area contributed by atoms with Crippen molar-refractivity contribution in [2.45, 2.75) is 10.8 Å². The molecule has 0 saturated carbocycles. The van der Waals surface area contributed by atoms with Gasteiger partial charge < -0.3 is 5.32 Å². The van der Waals surface area contributed by atoms with Crippen LogP contribution in [0.2, 0.25) is 0 Å². The first kappa shape index (κ1) is 15.8. The highest BCUT2D eigenvalue weighted by Gasteiger charge is 2.16. The Hall–Kier alpha value is -3.11. The lowest BCUT2D eigenvalue weighted by Gasteiger charge is -2.02. The van der Waals surface area contributed by atoms with Gasteiger partial charge in [-0.2, -0.15) is 10.4 Å². The number of rotatable bonds is 5. The second-order valence-electron chi connectivity index (χ2n) is 4.86. The molecular formula is C17H13N5OS. The van der Waals surface area contributed by atoms with E-state index in [1.54, 1.807) is 18.3 Å². The van der Waals surface area contributed by atoms with Crippen molar-refractivity contribution in [3.8, 4) is 6.07 Å². The Bertz CT molecular complexity index is 871. The van der Waals surface area contributed by atoms with Crippen LogP contribution >= 0.6 is 11.8 Å². The third-order valence-electron chi connectivity index (χ3n) is 3.23. The third-order valence-corrected chi connectivity index (χ3v) is 4.27. The average Bonchev–Trinajstić information content (AvgIpc) is 3.03. The maximum atomic E-state index is 12.2. The molecule has 1 aromatic carbocycles. The summed E-state index contributed by atoms with van der Waals surface area (Å²) < 4.78 is 0. The summed E-state index contributed by atoms with van der Waals surface area (Å²) in [7, 11) is 0. The van der Waals surface area contributed by atoms with Crippen LogP contribution in [-0.4, -0.2) is 21.1 Å². The van der Waals surface area contributed by atoms with Gasteiger partial charge in [0.1, 0.15) is 22.5 Å². The van der Waals surface area contributed by atoms with Gasteiger partial charge in [0, 0.05) is 18.1 Å². The van der Waals surface area contributed by atoms with Gasteiger partial charge in [0.15, 0.2) is 0 Å². The number of amides is 1. The molecule has 0 atom stereocenters. The van der Waals surface area contributed by atoms with Gasteiger partial charge in [-0.25, -0.2) is 0 Å². The van der Waals surface area contributed by atoms with Crippen molar-refractivity contribution in [2.24, 2.45) is 0 Å². The van der Waals surface area contributed by atoms with E-state index in [0.29, 0.717) is 27.7 Å². The molecule has 118 valence electrons. The van der Waals surface area contributed by atoms with Gasteiger partial charge >= 0.3 is 0 Å². The highest BCUT2D eigenvalue weighted by atomic mass is 32.2. The molecule has 6 nitrogen and oxygen atoms in total. The molecule has 2 aromatic heterocycles. The maximum absolute atomic E-state index is 12.2. The Labute approximate surface area is 142 Å². The fraction of sp³-hybridized carbons (Fsp3) is 0.0588. The number of thioether (sulfide) groups is 1. The van der Waals surface area contributed by atoms with E-state index in [0.717, 1.165) is 5.56 Å². The van der Waals surface area contributed by atoms with Crippen molar-refractivity contribution < 1.29 is 4.79 Å². The van der Waals surface area contributed by atoms with Gasteiger partial charge in [-0.15, -0.1) is 0 Å². The van der Waals surface area contributed by atoms with E-state index < -0.39 is 0 Å². The van der Waals surface area contributed by atoms with Crippen molar-refractivity contribution in [3.63, 3.8) is 0 Å². The average molecular weight is 335 g/mol. The molecule has 0 fully saturated rings. The van der Waals surface area contributed by atoms with Gasteiger partial charge in [0.05, 0.1) is 5.56 Å². The minimum atomic E-state index is -0.345. The summed E-state index contributed by atoms with van der Waals surface area (Å²) in [5.41, 5.74) is 1.87. The molecule has 0 unspecified atom stereocenters. The molecule has 24 heavy (non-hydrogen) atoms. The summed E-state index contributed by atoms with van der Waals surface area (Å²) in [4.78, 5) is 16.1. The lowest BCUT2D eigenvalue weighted by atomic mass is 10.2. The standard InChI is InChI=1S/C17H13N5OS/c18-9-14-15(20-16(23)13-7-4-8-19-10-13)21-22-17(14)24-11-12-5-2-1-3-6-12/h1-8,10H,11H2,(H2,20,21,22,23). The summed E-state index contributed by atoms with van der Waals surface area (Å²) in [6.45, 7) is 0. The van der Waals surface area contributed by atoms with Crippen LogP contribution in [0, 0.1) is 11.3 Å². The lowest BCUT2D eigenvalue weighted by molar-refractivity contribution is 0.102. The van der Waals surface area contributed by atoms with Crippen LogP contribution < -0.4 is 5.32 Å². The number of hydrogen-bond acceptors (Lipinski definition) is 5. The number of H-pyrrole nitrogens is 1. The zero-order chi connectivity index (χ0) is 16.8. The summed E-state index contributed by atoms with van der Waals surface area (Å²) in [6.07, 6.45) is 3.05. The van der Waals surface area contributed by atoms with E-state index in [1.807, 2.05) is 30.3 Å². The Balaban J connectivity index is 1.73. The monoisotopic (exact) mass is 335 g/mol. The zero-order valence-corrected chi connectivity index (χ0v) is 13.4. The molecule has 3 rings (SSSR count). The molecule has 3 aromatic rings. The number of carbonyl (C=O) groups excluding carboxylic acids is 1. The highest BCUT2D eigenvalue weighted by molar-refractivity contribution is 7.98. The molecular weight excluding hydrogens is 322 g/mol. The van der Waals surface area contributed by atoms with Crippen molar-refractivity contribution in [3.05, 3.63) is 71.5 Å². The molecule has 0 radical (unpaired) electrons. The van der Waals surface area contributed by atoms with Crippen LogP contribution in [-0.2, 0) is 5.75 Å². The number of carbonyl (C=O) groups is 1. The molecule has 0 aliphatic heterocycles. The second kappa shape index (κ2) is 7.44. The Morgan fingerprint density at radius 1 is 1.25 bits per heavy atom. The van der Waals surface area contributed by atoms with Crippen molar-refractivity contribution in [1.29, 1.82) is 5.26 Å². The SMILES string of the molecule is N#Cc1c(SCc2ccccc2)n[nH]c1NC(=O)c1cccnc1. The second-order valence-corrected chi connectivity index (χ2v) is 5.82. The predicted molar refractivity (Wildman–Crippen MR) is 91.5 cm³/mol. The molecule has 7 heteroatoms. The van der Waals surface area contributed by atoms with Gasteiger partial charge in [0.2, 0.25) is 0 Å². The normalized spacial score (nSPS) is 10.1. The van der Waals surface area contributed by atoms with Crippen molar-refractivity contribution in [2.75, 3.05) is 5.32 Å². The number of nitrogens with one attached hydrogen (secondary N) is 2. The first-order chi connectivity index (χ1) is 11.8. The minimum absolute atomic E-state index is 0.293. The number of pyridine rings is 1. The van der Waals surface area contributed by atoms with Crippen LogP contribution in [0.1, 0.15) is 21.5 Å². The summed E-state index contributed by atoms with van der Waals surface area (Å²) in [5.74, 6) is 0.640. The first-order valence-corrected chi connectivity index (χ1v) is 8.13. The van der Waals surface area contributed by atoms with E-state index in [-0.39, 0.29) is 5.91 Å². The molecule has 0 aliphatic rings. The van der Waals surface area contributed by atoms with E-state index >= 15 is 0 Å². The number of aromatic amines is 1. The van der Waals surface area contributed by atoms with Crippen molar-refractivity contribution in [1.82, 2.24) is 15.2 Å². The zero-order valence-electron chi connectivity index (χ0n) is 12.6. The molecule has 0 spiro atoms. The summed E-state index contributed by atoms with van der Waals surface area (Å²) in [5, 5.41) is 19.5. The topological polar surface area (TPSA) is 94.5 Å². The molecule has 0 saturated heterocycles. The van der Waals surface area contributed by atoms with Gasteiger partial charge in [-0.3, -0.25) is 14.9 Å². The fourth-order valence-corrected chi connectivity index (χ4v) is 2.93. The molecule has 0 bridgehead atoms. The maximum Gasteiger partial charge on any atom is 0.258 e. The van der Waals surface area contributed by atoms with Crippen molar-refractivity contribution >= 4 is 23.5 Å². The number of nitriles is 1. The number of benzene rings is 1. The van der Waals surface area contributed by atoms with Gasteiger partial charge in [0.25, 0.3) is 5.91 Å². The fourth-order valence-electron chi connectivity index (χ4n) is 2.03. The number of aromatic nitrogens is 3. The van der Waals surface area contributed by atoms with Crippen LogP contribution in [0.25, 0.3) is 0 Å². The highest BCUT2D eigenvalue weighted by Crippen LogP contribution is 2.28. The molecule has 2 heterocycles. The predicted octanol–water partition coefficient (Wildman–Crippen LogP) is 3.22. The summed E-state index contributed by atoms with van der Waals surface area (Å²) in [6, 6.07) is 15.3. The first-order valence-electron chi connectivity index (χ1n) is 7.14. The van der Waals surface area contributed by atoms with Gasteiger partial charge in [-0.05, 0) is 17.7 Å². The van der Waals surface area contributed by atoms with Crippen LogP contribution in [0.15, 0.2) is 59.9 Å². The molecule has 1 amide bonds. The number of nitrogens with zero attached hydrogens (tertiary/aromatic N) is 3. The Kier molecular flexibility index (Phi) is 4.89. The Morgan fingerprint density at radius 3 is 2.79 bits per heavy atom. The van der Waals surface area contributed by atoms with E-state index in [1.165, 1.54) is 18.0 Å².